The van der Waals surface area contributed by atoms with E-state index in [1.807, 2.05) is 12.1 Å². The average molecular weight is 284 g/mol. The van der Waals surface area contributed by atoms with Crippen molar-refractivity contribution in [3.8, 4) is 0 Å². The van der Waals surface area contributed by atoms with Gasteiger partial charge in [0.2, 0.25) is 0 Å². The Morgan fingerprint density at radius 3 is 2.63 bits per heavy atom. The van der Waals surface area contributed by atoms with Crippen molar-refractivity contribution in [2.24, 2.45) is 5.92 Å². The molecule has 0 unspecified atom stereocenters. The van der Waals surface area contributed by atoms with E-state index in [4.69, 9.17) is 16.6 Å². The Bertz CT molecular complexity index is 380. The standard InChI is InChI=1S/C15H26ClN3/c1-5-9-19(6-2)15-8-7-13(16)14(18-15)11-17-10-12(3)4/h7-8,12,17H,5-6,9-11H2,1-4H3. The average Bonchev–Trinajstić information content (AvgIpc) is 2.38. The molecule has 1 aromatic heterocycles. The molecule has 1 heterocycles. The molecular weight excluding hydrogens is 258 g/mol. The summed E-state index contributed by atoms with van der Waals surface area (Å²) in [6, 6.07) is 3.96. The molecule has 1 aromatic rings. The zero-order chi connectivity index (χ0) is 14.3. The van der Waals surface area contributed by atoms with E-state index in [1.54, 1.807) is 0 Å². The maximum absolute atomic E-state index is 6.22. The molecule has 0 aromatic carbocycles. The fraction of sp³-hybridized carbons (Fsp3) is 0.667. The molecule has 108 valence electrons. The van der Waals surface area contributed by atoms with Crippen LogP contribution in [-0.4, -0.2) is 24.6 Å². The number of rotatable bonds is 8. The predicted octanol–water partition coefficient (Wildman–Crippen LogP) is 3.72. The summed E-state index contributed by atoms with van der Waals surface area (Å²) in [7, 11) is 0. The van der Waals surface area contributed by atoms with Crippen molar-refractivity contribution in [1.82, 2.24) is 10.3 Å². The molecule has 0 fully saturated rings. The number of nitrogens with zero attached hydrogens (tertiary/aromatic N) is 2. The Morgan fingerprint density at radius 2 is 2.05 bits per heavy atom. The molecule has 0 bridgehead atoms. The van der Waals surface area contributed by atoms with Crippen molar-refractivity contribution in [1.29, 1.82) is 0 Å². The summed E-state index contributed by atoms with van der Waals surface area (Å²) in [4.78, 5) is 6.97. The summed E-state index contributed by atoms with van der Waals surface area (Å²) >= 11 is 6.22. The van der Waals surface area contributed by atoms with Gasteiger partial charge in [-0.25, -0.2) is 4.98 Å². The first-order valence-electron chi connectivity index (χ1n) is 7.19. The van der Waals surface area contributed by atoms with Crippen LogP contribution in [0.15, 0.2) is 12.1 Å². The van der Waals surface area contributed by atoms with E-state index in [1.165, 1.54) is 0 Å². The van der Waals surface area contributed by atoms with Gasteiger partial charge < -0.3 is 10.2 Å². The van der Waals surface area contributed by atoms with Crippen LogP contribution in [0.5, 0.6) is 0 Å². The van der Waals surface area contributed by atoms with Crippen LogP contribution in [0.4, 0.5) is 5.82 Å². The van der Waals surface area contributed by atoms with E-state index >= 15 is 0 Å². The van der Waals surface area contributed by atoms with Crippen LogP contribution in [0.25, 0.3) is 0 Å². The van der Waals surface area contributed by atoms with Crippen molar-refractivity contribution >= 4 is 17.4 Å². The second-order valence-corrected chi connectivity index (χ2v) is 5.61. The van der Waals surface area contributed by atoms with Crippen molar-refractivity contribution in [3.63, 3.8) is 0 Å². The number of pyridine rings is 1. The van der Waals surface area contributed by atoms with Gasteiger partial charge in [0.1, 0.15) is 5.82 Å². The number of anilines is 1. The van der Waals surface area contributed by atoms with Gasteiger partial charge in [0.25, 0.3) is 0 Å². The quantitative estimate of drug-likeness (QED) is 0.788. The zero-order valence-corrected chi connectivity index (χ0v) is 13.3. The van der Waals surface area contributed by atoms with Crippen molar-refractivity contribution in [2.75, 3.05) is 24.5 Å². The molecule has 0 radical (unpaired) electrons. The van der Waals surface area contributed by atoms with Crippen molar-refractivity contribution in [3.05, 3.63) is 22.8 Å². The van der Waals surface area contributed by atoms with E-state index in [0.29, 0.717) is 5.92 Å². The lowest BCUT2D eigenvalue weighted by Gasteiger charge is -2.22. The second kappa shape index (κ2) is 8.39. The Hall–Kier alpha value is -0.800. The summed E-state index contributed by atoms with van der Waals surface area (Å²) in [5.41, 5.74) is 0.939. The lowest BCUT2D eigenvalue weighted by molar-refractivity contribution is 0.548. The molecule has 0 saturated heterocycles. The fourth-order valence-corrected chi connectivity index (χ4v) is 2.13. The van der Waals surface area contributed by atoms with E-state index in [-0.39, 0.29) is 0 Å². The third-order valence-corrected chi connectivity index (χ3v) is 3.29. The first-order valence-corrected chi connectivity index (χ1v) is 7.57. The Morgan fingerprint density at radius 1 is 1.32 bits per heavy atom. The molecule has 3 nitrogen and oxygen atoms in total. The predicted molar refractivity (Wildman–Crippen MR) is 84.0 cm³/mol. The van der Waals surface area contributed by atoms with Gasteiger partial charge in [-0.1, -0.05) is 32.4 Å². The summed E-state index contributed by atoms with van der Waals surface area (Å²) in [6.07, 6.45) is 1.12. The number of hydrogen-bond acceptors (Lipinski definition) is 3. The first kappa shape index (κ1) is 16.3. The van der Waals surface area contributed by atoms with E-state index in [9.17, 15) is 0 Å². The number of aromatic nitrogens is 1. The minimum Gasteiger partial charge on any atom is -0.357 e. The highest BCUT2D eigenvalue weighted by Crippen LogP contribution is 2.19. The summed E-state index contributed by atoms with van der Waals surface area (Å²) in [6.45, 7) is 12.4. The zero-order valence-electron chi connectivity index (χ0n) is 12.5. The molecule has 1 rings (SSSR count). The van der Waals surface area contributed by atoms with Crippen LogP contribution in [0.2, 0.25) is 5.02 Å². The van der Waals surface area contributed by atoms with E-state index < -0.39 is 0 Å². The topological polar surface area (TPSA) is 28.2 Å². The number of hydrogen-bond donors (Lipinski definition) is 1. The summed E-state index contributed by atoms with van der Waals surface area (Å²) in [5.74, 6) is 1.66. The van der Waals surface area contributed by atoms with Crippen LogP contribution in [0.1, 0.15) is 39.8 Å². The van der Waals surface area contributed by atoms with Gasteiger partial charge in [0.15, 0.2) is 0 Å². The first-order chi connectivity index (χ1) is 9.08. The highest BCUT2D eigenvalue weighted by atomic mass is 35.5. The van der Waals surface area contributed by atoms with E-state index in [2.05, 4.69) is 37.9 Å². The van der Waals surface area contributed by atoms with Gasteiger partial charge >= 0.3 is 0 Å². The number of nitrogens with one attached hydrogen (secondary N) is 1. The largest absolute Gasteiger partial charge is 0.357 e. The smallest absolute Gasteiger partial charge is 0.128 e. The molecule has 0 atom stereocenters. The van der Waals surface area contributed by atoms with Crippen LogP contribution in [-0.2, 0) is 6.54 Å². The molecule has 4 heteroatoms. The van der Waals surface area contributed by atoms with Crippen molar-refractivity contribution < 1.29 is 0 Å². The summed E-state index contributed by atoms with van der Waals surface area (Å²) in [5, 5.41) is 4.14. The molecule has 0 aliphatic heterocycles. The van der Waals surface area contributed by atoms with Gasteiger partial charge in [-0.2, -0.15) is 0 Å². The SMILES string of the molecule is CCCN(CC)c1ccc(Cl)c(CNCC(C)C)n1. The van der Waals surface area contributed by atoms with Gasteiger partial charge in [-0.05, 0) is 37.9 Å². The normalized spacial score (nSPS) is 11.1. The molecular formula is C15H26ClN3. The molecule has 1 N–H and O–H groups in total. The van der Waals surface area contributed by atoms with Gasteiger partial charge in [0.05, 0.1) is 10.7 Å². The molecule has 0 amide bonds. The Kier molecular flexibility index (Phi) is 7.17. The van der Waals surface area contributed by atoms with Crippen LogP contribution in [0, 0.1) is 5.92 Å². The van der Waals surface area contributed by atoms with Crippen LogP contribution in [0.3, 0.4) is 0 Å². The molecule has 0 spiro atoms. The monoisotopic (exact) mass is 283 g/mol. The lowest BCUT2D eigenvalue weighted by Crippen LogP contribution is -2.25. The van der Waals surface area contributed by atoms with Gasteiger partial charge in [0, 0.05) is 19.6 Å². The minimum absolute atomic E-state index is 0.634. The maximum Gasteiger partial charge on any atom is 0.128 e. The van der Waals surface area contributed by atoms with Crippen LogP contribution >= 0.6 is 11.6 Å². The van der Waals surface area contributed by atoms with Crippen LogP contribution < -0.4 is 10.2 Å². The Labute approximate surface area is 122 Å². The summed E-state index contributed by atoms with van der Waals surface area (Å²) < 4.78 is 0. The lowest BCUT2D eigenvalue weighted by atomic mass is 10.2. The van der Waals surface area contributed by atoms with Crippen molar-refractivity contribution in [2.45, 2.75) is 40.7 Å². The third kappa shape index (κ3) is 5.37. The maximum atomic E-state index is 6.22. The van der Waals surface area contributed by atoms with Gasteiger partial charge in [-0.15, -0.1) is 0 Å². The third-order valence-electron chi connectivity index (χ3n) is 2.95. The molecule has 0 saturated carbocycles. The van der Waals surface area contributed by atoms with Gasteiger partial charge in [-0.3, -0.25) is 0 Å². The molecule has 0 aliphatic rings. The van der Waals surface area contributed by atoms with E-state index in [0.717, 1.165) is 49.1 Å². The highest BCUT2D eigenvalue weighted by molar-refractivity contribution is 6.31. The fourth-order valence-electron chi connectivity index (χ4n) is 1.96. The second-order valence-electron chi connectivity index (χ2n) is 5.20. The highest BCUT2D eigenvalue weighted by Gasteiger charge is 2.09. The molecule has 0 aliphatic carbocycles. The number of halogens is 1. The molecule has 19 heavy (non-hydrogen) atoms. The minimum atomic E-state index is 0.634. The Balaban J connectivity index is 2.75.